The molecule has 0 spiro atoms. The number of fused-ring (bicyclic) bond motifs is 1. The van der Waals surface area contributed by atoms with E-state index < -0.39 is 0 Å². The van der Waals surface area contributed by atoms with Crippen molar-refractivity contribution in [2.24, 2.45) is 0 Å². The van der Waals surface area contributed by atoms with Crippen molar-refractivity contribution >= 4 is 17.7 Å². The zero-order chi connectivity index (χ0) is 16.2. The number of para-hydroxylation sites is 1. The number of methoxy groups -OCH3 is 1. The molecule has 0 saturated carbocycles. The Morgan fingerprint density at radius 3 is 2.96 bits per heavy atom. The van der Waals surface area contributed by atoms with Crippen LogP contribution in [0.1, 0.15) is 23.6 Å². The average Bonchev–Trinajstić information content (AvgIpc) is 2.56. The van der Waals surface area contributed by atoms with Crippen LogP contribution in [0.4, 0.5) is 4.39 Å². The Morgan fingerprint density at radius 1 is 1.30 bits per heavy atom. The summed E-state index contributed by atoms with van der Waals surface area (Å²) >= 11 is 1.51. The summed E-state index contributed by atoms with van der Waals surface area (Å²) < 4.78 is 19.2. The summed E-state index contributed by atoms with van der Waals surface area (Å²) in [5.41, 5.74) is 1.71. The van der Waals surface area contributed by atoms with Crippen LogP contribution >= 0.6 is 11.8 Å². The molecule has 1 N–H and O–H groups in total. The molecular formula is C18H18FNO2S. The van der Waals surface area contributed by atoms with E-state index in [9.17, 15) is 9.18 Å². The fourth-order valence-corrected chi connectivity index (χ4v) is 3.94. The SMILES string of the molecule is COc1ccccc1CC(=O)N[C@@H]1CCSc2c(F)cccc21. The van der Waals surface area contributed by atoms with Crippen LogP contribution in [-0.2, 0) is 11.2 Å². The minimum Gasteiger partial charge on any atom is -0.496 e. The molecule has 0 aliphatic carbocycles. The standard InChI is InChI=1S/C18H18FNO2S/c1-22-16-8-3-2-5-12(16)11-17(21)20-15-9-10-23-18-13(15)6-4-7-14(18)19/h2-8,15H,9-11H2,1H3,(H,20,21)/t15-/m1/s1. The predicted molar refractivity (Wildman–Crippen MR) is 89.3 cm³/mol. The molecule has 1 heterocycles. The summed E-state index contributed by atoms with van der Waals surface area (Å²) in [6.07, 6.45) is 1.05. The molecule has 0 fully saturated rings. The lowest BCUT2D eigenvalue weighted by atomic mass is 10.0. The van der Waals surface area contributed by atoms with Crippen molar-refractivity contribution < 1.29 is 13.9 Å². The lowest BCUT2D eigenvalue weighted by Gasteiger charge is -2.26. The van der Waals surface area contributed by atoms with Gasteiger partial charge in [0.25, 0.3) is 0 Å². The van der Waals surface area contributed by atoms with Gasteiger partial charge in [0, 0.05) is 16.2 Å². The number of carbonyl (C=O) groups excluding carboxylic acids is 1. The summed E-state index contributed by atoms with van der Waals surface area (Å²) in [4.78, 5) is 13.0. The van der Waals surface area contributed by atoms with Crippen LogP contribution in [0.2, 0.25) is 0 Å². The Bertz CT molecular complexity index is 720. The number of hydrogen-bond acceptors (Lipinski definition) is 3. The molecule has 120 valence electrons. The van der Waals surface area contributed by atoms with Gasteiger partial charge >= 0.3 is 0 Å². The third-order valence-electron chi connectivity index (χ3n) is 3.90. The van der Waals surface area contributed by atoms with Gasteiger partial charge in [0.05, 0.1) is 19.6 Å². The van der Waals surface area contributed by atoms with Crippen molar-refractivity contribution in [2.45, 2.75) is 23.8 Å². The number of carbonyl (C=O) groups is 1. The molecule has 0 saturated heterocycles. The van der Waals surface area contributed by atoms with Gasteiger partial charge in [0.15, 0.2) is 0 Å². The number of ether oxygens (including phenoxy) is 1. The van der Waals surface area contributed by atoms with Crippen LogP contribution in [0, 0.1) is 5.82 Å². The molecule has 2 aromatic carbocycles. The summed E-state index contributed by atoms with van der Waals surface area (Å²) in [6.45, 7) is 0. The number of halogens is 1. The Kier molecular flexibility index (Phi) is 4.86. The Morgan fingerprint density at radius 2 is 2.13 bits per heavy atom. The predicted octanol–water partition coefficient (Wildman–Crippen LogP) is 3.73. The number of thioether (sulfide) groups is 1. The van der Waals surface area contributed by atoms with Gasteiger partial charge < -0.3 is 10.1 Å². The number of amides is 1. The second-order valence-electron chi connectivity index (χ2n) is 5.40. The second-order valence-corrected chi connectivity index (χ2v) is 6.51. The van der Waals surface area contributed by atoms with Gasteiger partial charge in [-0.3, -0.25) is 4.79 Å². The molecule has 0 bridgehead atoms. The van der Waals surface area contributed by atoms with Crippen LogP contribution in [0.15, 0.2) is 47.4 Å². The molecule has 1 aliphatic heterocycles. The molecule has 2 aromatic rings. The summed E-state index contributed by atoms with van der Waals surface area (Å²) in [6, 6.07) is 12.4. The van der Waals surface area contributed by atoms with Gasteiger partial charge in [-0.25, -0.2) is 4.39 Å². The van der Waals surface area contributed by atoms with Crippen molar-refractivity contribution in [3.05, 3.63) is 59.4 Å². The topological polar surface area (TPSA) is 38.3 Å². The monoisotopic (exact) mass is 331 g/mol. The molecule has 1 amide bonds. The number of benzene rings is 2. The highest BCUT2D eigenvalue weighted by Gasteiger charge is 2.24. The van der Waals surface area contributed by atoms with Crippen LogP contribution in [0.3, 0.4) is 0 Å². The minimum absolute atomic E-state index is 0.0818. The highest BCUT2D eigenvalue weighted by Crippen LogP contribution is 2.37. The van der Waals surface area contributed by atoms with E-state index in [1.807, 2.05) is 30.3 Å². The first-order valence-electron chi connectivity index (χ1n) is 7.51. The normalized spacial score (nSPS) is 16.5. The number of rotatable bonds is 4. The van der Waals surface area contributed by atoms with Crippen molar-refractivity contribution in [2.75, 3.05) is 12.9 Å². The quantitative estimate of drug-likeness (QED) is 0.928. The largest absolute Gasteiger partial charge is 0.496 e. The molecular weight excluding hydrogens is 313 g/mol. The molecule has 1 aliphatic rings. The first-order chi connectivity index (χ1) is 11.2. The molecule has 23 heavy (non-hydrogen) atoms. The summed E-state index contributed by atoms with van der Waals surface area (Å²) in [7, 11) is 1.59. The van der Waals surface area contributed by atoms with Gasteiger partial charge in [-0.2, -0.15) is 0 Å². The van der Waals surface area contributed by atoms with Crippen molar-refractivity contribution in [1.29, 1.82) is 0 Å². The van der Waals surface area contributed by atoms with E-state index in [1.165, 1.54) is 17.8 Å². The van der Waals surface area contributed by atoms with Crippen LogP contribution in [-0.4, -0.2) is 18.8 Å². The lowest BCUT2D eigenvalue weighted by Crippen LogP contribution is -2.32. The van der Waals surface area contributed by atoms with E-state index in [2.05, 4.69) is 5.32 Å². The number of nitrogens with one attached hydrogen (secondary N) is 1. The van der Waals surface area contributed by atoms with Crippen LogP contribution < -0.4 is 10.1 Å². The average molecular weight is 331 g/mol. The first-order valence-corrected chi connectivity index (χ1v) is 8.50. The lowest BCUT2D eigenvalue weighted by molar-refractivity contribution is -0.121. The molecule has 0 aromatic heterocycles. The molecule has 3 nitrogen and oxygen atoms in total. The zero-order valence-electron chi connectivity index (χ0n) is 12.8. The van der Waals surface area contributed by atoms with Crippen LogP contribution in [0.25, 0.3) is 0 Å². The molecule has 1 atom stereocenters. The van der Waals surface area contributed by atoms with E-state index in [0.29, 0.717) is 10.6 Å². The van der Waals surface area contributed by atoms with Crippen molar-refractivity contribution in [3.8, 4) is 5.75 Å². The van der Waals surface area contributed by atoms with E-state index in [1.54, 1.807) is 13.2 Å². The number of hydrogen-bond donors (Lipinski definition) is 1. The highest BCUT2D eigenvalue weighted by molar-refractivity contribution is 7.99. The zero-order valence-corrected chi connectivity index (χ0v) is 13.7. The maximum atomic E-state index is 13.9. The fourth-order valence-electron chi connectivity index (χ4n) is 2.80. The van der Waals surface area contributed by atoms with Gasteiger partial charge in [-0.05, 0) is 24.1 Å². The summed E-state index contributed by atoms with van der Waals surface area (Å²) in [5.74, 6) is 1.21. The Hall–Kier alpha value is -2.01. The summed E-state index contributed by atoms with van der Waals surface area (Å²) in [5, 5.41) is 3.03. The second kappa shape index (κ2) is 7.04. The molecule has 3 rings (SSSR count). The van der Waals surface area contributed by atoms with Gasteiger partial charge in [-0.1, -0.05) is 30.3 Å². The maximum absolute atomic E-state index is 13.9. The van der Waals surface area contributed by atoms with E-state index in [-0.39, 0.29) is 24.2 Å². The fraction of sp³-hybridized carbons (Fsp3) is 0.278. The van der Waals surface area contributed by atoms with Crippen molar-refractivity contribution in [1.82, 2.24) is 5.32 Å². The molecule has 0 radical (unpaired) electrons. The van der Waals surface area contributed by atoms with Gasteiger partial charge in [-0.15, -0.1) is 11.8 Å². The van der Waals surface area contributed by atoms with E-state index in [0.717, 1.165) is 23.3 Å². The third kappa shape index (κ3) is 3.50. The van der Waals surface area contributed by atoms with E-state index in [4.69, 9.17) is 4.74 Å². The van der Waals surface area contributed by atoms with Gasteiger partial charge in [0.1, 0.15) is 11.6 Å². The Labute approximate surface area is 139 Å². The molecule has 5 heteroatoms. The van der Waals surface area contributed by atoms with Crippen LogP contribution in [0.5, 0.6) is 5.75 Å². The van der Waals surface area contributed by atoms with E-state index >= 15 is 0 Å². The highest BCUT2D eigenvalue weighted by atomic mass is 32.2. The van der Waals surface area contributed by atoms with Crippen molar-refractivity contribution in [3.63, 3.8) is 0 Å². The molecule has 0 unspecified atom stereocenters. The Balaban J connectivity index is 1.73. The minimum atomic E-state index is -0.212. The van der Waals surface area contributed by atoms with Gasteiger partial charge in [0.2, 0.25) is 5.91 Å². The first kappa shape index (κ1) is 15.9. The smallest absolute Gasteiger partial charge is 0.225 e. The third-order valence-corrected chi connectivity index (χ3v) is 5.06. The maximum Gasteiger partial charge on any atom is 0.225 e.